The molecule has 0 aliphatic carbocycles. The molecule has 0 saturated carbocycles. The van der Waals surface area contributed by atoms with Crippen LogP contribution in [0.5, 0.6) is 0 Å². The lowest BCUT2D eigenvalue weighted by molar-refractivity contribution is 0.0988. The van der Waals surface area contributed by atoms with E-state index in [9.17, 15) is 4.79 Å². The number of nitrogens with zero attached hydrogens (tertiary/aromatic N) is 1. The largest absolute Gasteiger partial charge is 0.325 e. The fourth-order valence-corrected chi connectivity index (χ4v) is 2.66. The van der Waals surface area contributed by atoms with Crippen LogP contribution >= 0.6 is 11.3 Å². The average molecular weight is 260 g/mol. The zero-order valence-corrected chi connectivity index (χ0v) is 11.4. The number of hydrogen-bond acceptors (Lipinski definition) is 4. The Morgan fingerprint density at radius 1 is 1.28 bits per heavy atom. The first-order chi connectivity index (χ1) is 8.58. The third-order valence-electron chi connectivity index (χ3n) is 2.66. The number of aryl methyl sites for hydroxylation is 2. The van der Waals surface area contributed by atoms with Crippen molar-refractivity contribution < 1.29 is 4.79 Å². The van der Waals surface area contributed by atoms with Gasteiger partial charge in [-0.05, 0) is 19.4 Å². The lowest BCUT2D eigenvalue weighted by atomic mass is 10.0. The third-order valence-corrected chi connectivity index (χ3v) is 3.53. The van der Waals surface area contributed by atoms with Crippen molar-refractivity contribution in [1.82, 2.24) is 4.98 Å². The second-order valence-electron chi connectivity index (χ2n) is 4.43. The molecule has 0 amide bonds. The molecular formula is C14H16N2OS. The van der Waals surface area contributed by atoms with Gasteiger partial charge < -0.3 is 5.73 Å². The highest BCUT2D eigenvalue weighted by atomic mass is 32.1. The standard InChI is InChI=1S/C14H16N2OS/c1-9-3-10(2)5-11(4-9)6-13(17)12-8-18-14(7-15)16-12/h3-5,8H,6-7,15H2,1-2H3. The van der Waals surface area contributed by atoms with E-state index in [0.29, 0.717) is 18.7 Å². The molecule has 4 heteroatoms. The molecule has 0 aliphatic heterocycles. The van der Waals surface area contributed by atoms with Crippen LogP contribution in [0.2, 0.25) is 0 Å². The maximum atomic E-state index is 12.1. The fourth-order valence-electron chi connectivity index (χ4n) is 1.98. The van der Waals surface area contributed by atoms with Gasteiger partial charge in [0, 0.05) is 18.3 Å². The first kappa shape index (κ1) is 12.9. The number of thiazole rings is 1. The molecule has 2 aromatic rings. The van der Waals surface area contributed by atoms with E-state index >= 15 is 0 Å². The summed E-state index contributed by atoms with van der Waals surface area (Å²) in [6.45, 7) is 4.47. The highest BCUT2D eigenvalue weighted by Gasteiger charge is 2.11. The fraction of sp³-hybridized carbons (Fsp3) is 0.286. The van der Waals surface area contributed by atoms with Crippen molar-refractivity contribution in [2.24, 2.45) is 5.73 Å². The van der Waals surface area contributed by atoms with Gasteiger partial charge in [-0.25, -0.2) is 4.98 Å². The minimum Gasteiger partial charge on any atom is -0.325 e. The Labute approximate surface area is 111 Å². The molecule has 18 heavy (non-hydrogen) atoms. The van der Waals surface area contributed by atoms with E-state index in [0.717, 1.165) is 10.6 Å². The van der Waals surface area contributed by atoms with Crippen LogP contribution in [0, 0.1) is 13.8 Å². The highest BCUT2D eigenvalue weighted by molar-refractivity contribution is 7.09. The molecule has 94 valence electrons. The Balaban J connectivity index is 2.15. The first-order valence-electron chi connectivity index (χ1n) is 5.83. The van der Waals surface area contributed by atoms with E-state index < -0.39 is 0 Å². The molecule has 2 rings (SSSR count). The van der Waals surface area contributed by atoms with Gasteiger partial charge in [0.05, 0.1) is 0 Å². The van der Waals surface area contributed by atoms with Crippen LogP contribution in [0.15, 0.2) is 23.6 Å². The summed E-state index contributed by atoms with van der Waals surface area (Å²) < 4.78 is 0. The van der Waals surface area contributed by atoms with Gasteiger partial charge in [0.1, 0.15) is 10.7 Å². The lowest BCUT2D eigenvalue weighted by Crippen LogP contribution is -2.05. The molecule has 0 spiro atoms. The van der Waals surface area contributed by atoms with E-state index in [2.05, 4.69) is 11.1 Å². The van der Waals surface area contributed by atoms with E-state index in [1.54, 1.807) is 5.38 Å². The summed E-state index contributed by atoms with van der Waals surface area (Å²) in [5, 5.41) is 2.59. The molecule has 0 fully saturated rings. The van der Waals surface area contributed by atoms with Gasteiger partial charge in [0.15, 0.2) is 5.78 Å². The maximum Gasteiger partial charge on any atom is 0.186 e. The van der Waals surface area contributed by atoms with E-state index in [1.807, 2.05) is 26.0 Å². The second-order valence-corrected chi connectivity index (χ2v) is 5.37. The van der Waals surface area contributed by atoms with Gasteiger partial charge in [0.2, 0.25) is 0 Å². The minimum atomic E-state index is 0.0518. The number of nitrogens with two attached hydrogens (primary N) is 1. The smallest absolute Gasteiger partial charge is 0.186 e. The van der Waals surface area contributed by atoms with Crippen molar-refractivity contribution in [3.05, 3.63) is 51.0 Å². The van der Waals surface area contributed by atoms with Gasteiger partial charge in [-0.3, -0.25) is 4.79 Å². The van der Waals surface area contributed by atoms with Crippen molar-refractivity contribution in [3.8, 4) is 0 Å². The molecule has 1 heterocycles. The van der Waals surface area contributed by atoms with Crippen molar-refractivity contribution in [2.45, 2.75) is 26.8 Å². The SMILES string of the molecule is Cc1cc(C)cc(CC(=O)c2csc(CN)n2)c1. The Kier molecular flexibility index (Phi) is 3.89. The third kappa shape index (κ3) is 3.03. The number of benzene rings is 1. The van der Waals surface area contributed by atoms with Gasteiger partial charge in [-0.15, -0.1) is 11.3 Å². The number of hydrogen-bond donors (Lipinski definition) is 1. The monoisotopic (exact) mass is 260 g/mol. The van der Waals surface area contributed by atoms with Crippen LogP contribution in [0.1, 0.15) is 32.2 Å². The number of ketones is 1. The predicted octanol–water partition coefficient (Wildman–Crippen LogP) is 2.64. The number of Topliss-reactive ketones (excluding diaryl/α,β-unsaturated/α-hetero) is 1. The van der Waals surface area contributed by atoms with Gasteiger partial charge >= 0.3 is 0 Å². The molecule has 0 aliphatic rings. The number of aromatic nitrogens is 1. The van der Waals surface area contributed by atoms with E-state index in [4.69, 9.17) is 5.73 Å². The molecule has 0 radical (unpaired) electrons. The van der Waals surface area contributed by atoms with Crippen LogP contribution in [-0.4, -0.2) is 10.8 Å². The average Bonchev–Trinajstić information content (AvgIpc) is 2.75. The number of rotatable bonds is 4. The Bertz CT molecular complexity index is 555. The molecule has 3 nitrogen and oxygen atoms in total. The van der Waals surface area contributed by atoms with Crippen molar-refractivity contribution >= 4 is 17.1 Å². The molecule has 1 aromatic heterocycles. The van der Waals surface area contributed by atoms with Crippen LogP contribution in [0.3, 0.4) is 0 Å². The zero-order valence-electron chi connectivity index (χ0n) is 10.6. The lowest BCUT2D eigenvalue weighted by Gasteiger charge is -2.03. The molecular weight excluding hydrogens is 244 g/mol. The van der Waals surface area contributed by atoms with Crippen LogP contribution in [0.25, 0.3) is 0 Å². The van der Waals surface area contributed by atoms with E-state index in [1.165, 1.54) is 22.5 Å². The first-order valence-corrected chi connectivity index (χ1v) is 6.71. The second kappa shape index (κ2) is 5.42. The van der Waals surface area contributed by atoms with Gasteiger partial charge in [-0.2, -0.15) is 0 Å². The van der Waals surface area contributed by atoms with Gasteiger partial charge in [-0.1, -0.05) is 29.3 Å². The maximum absolute atomic E-state index is 12.1. The van der Waals surface area contributed by atoms with Crippen molar-refractivity contribution in [2.75, 3.05) is 0 Å². The number of carbonyl (C=O) groups is 1. The number of carbonyl (C=O) groups excluding carboxylic acids is 1. The molecule has 0 saturated heterocycles. The predicted molar refractivity (Wildman–Crippen MR) is 74.0 cm³/mol. The molecule has 0 atom stereocenters. The molecule has 0 bridgehead atoms. The van der Waals surface area contributed by atoms with Crippen molar-refractivity contribution in [1.29, 1.82) is 0 Å². The minimum absolute atomic E-state index is 0.0518. The van der Waals surface area contributed by atoms with Crippen LogP contribution in [-0.2, 0) is 13.0 Å². The summed E-state index contributed by atoms with van der Waals surface area (Å²) in [6, 6.07) is 6.19. The van der Waals surface area contributed by atoms with E-state index in [-0.39, 0.29) is 5.78 Å². The molecule has 2 N–H and O–H groups in total. The van der Waals surface area contributed by atoms with Crippen molar-refractivity contribution in [3.63, 3.8) is 0 Å². The Morgan fingerprint density at radius 2 is 1.94 bits per heavy atom. The molecule has 0 unspecified atom stereocenters. The summed E-state index contributed by atoms with van der Waals surface area (Å²) in [4.78, 5) is 16.3. The van der Waals surface area contributed by atoms with Crippen LogP contribution < -0.4 is 5.73 Å². The summed E-state index contributed by atoms with van der Waals surface area (Å²) in [6.07, 6.45) is 0.399. The Morgan fingerprint density at radius 3 is 2.50 bits per heavy atom. The summed E-state index contributed by atoms with van der Waals surface area (Å²) in [7, 11) is 0. The summed E-state index contributed by atoms with van der Waals surface area (Å²) >= 11 is 1.44. The zero-order chi connectivity index (χ0) is 13.1. The van der Waals surface area contributed by atoms with Crippen LogP contribution in [0.4, 0.5) is 0 Å². The normalized spacial score (nSPS) is 10.6. The Hall–Kier alpha value is -1.52. The summed E-state index contributed by atoms with van der Waals surface area (Å²) in [5.41, 5.74) is 9.42. The quantitative estimate of drug-likeness (QED) is 0.860. The molecule has 1 aromatic carbocycles. The topological polar surface area (TPSA) is 56.0 Å². The highest BCUT2D eigenvalue weighted by Crippen LogP contribution is 2.14. The summed E-state index contributed by atoms with van der Waals surface area (Å²) in [5.74, 6) is 0.0518. The van der Waals surface area contributed by atoms with Gasteiger partial charge in [0.25, 0.3) is 0 Å².